The average Bonchev–Trinajstić information content (AvgIpc) is 2.87. The van der Waals surface area contributed by atoms with E-state index in [4.69, 9.17) is 4.74 Å². The van der Waals surface area contributed by atoms with Crippen molar-refractivity contribution in [1.82, 2.24) is 5.32 Å². The highest BCUT2D eigenvalue weighted by molar-refractivity contribution is 6.05. The lowest BCUT2D eigenvalue weighted by Gasteiger charge is -2.15. The first kappa shape index (κ1) is 22.8. The Labute approximate surface area is 197 Å². The molecule has 1 atom stereocenters. The van der Waals surface area contributed by atoms with Crippen molar-refractivity contribution in [3.05, 3.63) is 119 Å². The number of ether oxygens (including phenoxy) is 1. The van der Waals surface area contributed by atoms with E-state index in [-0.39, 0.29) is 24.0 Å². The third-order valence-corrected chi connectivity index (χ3v) is 5.54. The van der Waals surface area contributed by atoms with Gasteiger partial charge in [-0.1, -0.05) is 72.8 Å². The molecule has 0 aromatic heterocycles. The van der Waals surface area contributed by atoms with Gasteiger partial charge in [-0.05, 0) is 53.1 Å². The number of carbonyl (C=O) groups excluding carboxylic acids is 1. The summed E-state index contributed by atoms with van der Waals surface area (Å²) in [5, 5.41) is 14.5. The van der Waals surface area contributed by atoms with E-state index in [1.165, 1.54) is 12.1 Å². The van der Waals surface area contributed by atoms with Gasteiger partial charge >= 0.3 is 0 Å². The maximum absolute atomic E-state index is 13.2. The van der Waals surface area contributed by atoms with Crippen LogP contribution in [0, 0.1) is 17.1 Å². The normalized spacial score (nSPS) is 12.1. The van der Waals surface area contributed by atoms with Gasteiger partial charge in [0.05, 0.1) is 6.04 Å². The first-order chi connectivity index (χ1) is 16.5. The van der Waals surface area contributed by atoms with Crippen molar-refractivity contribution in [1.29, 1.82) is 5.26 Å². The van der Waals surface area contributed by atoms with Crippen molar-refractivity contribution in [2.75, 3.05) is 0 Å². The molecular weight excluding hydrogens is 427 g/mol. The zero-order valence-corrected chi connectivity index (χ0v) is 18.7. The third kappa shape index (κ3) is 5.31. The minimum atomic E-state index is -0.462. The summed E-state index contributed by atoms with van der Waals surface area (Å²) in [5.41, 5.74) is 2.37. The van der Waals surface area contributed by atoms with Crippen molar-refractivity contribution in [2.24, 2.45) is 0 Å². The minimum absolute atomic E-state index is 0.0224. The molecule has 0 spiro atoms. The fourth-order valence-electron chi connectivity index (χ4n) is 3.68. The molecule has 0 aliphatic rings. The molecule has 5 heteroatoms. The molecule has 4 aromatic carbocycles. The largest absolute Gasteiger partial charge is 0.488 e. The number of nitrogens with zero attached hydrogens (tertiary/aromatic N) is 1. The van der Waals surface area contributed by atoms with Crippen LogP contribution in [0.5, 0.6) is 5.75 Å². The Morgan fingerprint density at radius 3 is 2.44 bits per heavy atom. The van der Waals surface area contributed by atoms with Gasteiger partial charge in [0.25, 0.3) is 5.91 Å². The molecule has 0 aliphatic heterocycles. The molecule has 4 rings (SSSR count). The van der Waals surface area contributed by atoms with Crippen LogP contribution in [-0.2, 0) is 11.4 Å². The summed E-state index contributed by atoms with van der Waals surface area (Å²) in [5.74, 6) is -0.247. The molecule has 0 saturated carbocycles. The first-order valence-corrected chi connectivity index (χ1v) is 10.9. The molecular formula is C29H23FN2O2. The van der Waals surface area contributed by atoms with Gasteiger partial charge in [-0.15, -0.1) is 0 Å². The highest BCUT2D eigenvalue weighted by Gasteiger charge is 2.16. The Morgan fingerprint density at radius 2 is 1.71 bits per heavy atom. The van der Waals surface area contributed by atoms with E-state index in [0.29, 0.717) is 11.3 Å². The highest BCUT2D eigenvalue weighted by atomic mass is 19.1. The van der Waals surface area contributed by atoms with Gasteiger partial charge < -0.3 is 10.1 Å². The predicted octanol–water partition coefficient (Wildman–Crippen LogP) is 6.34. The maximum Gasteiger partial charge on any atom is 0.262 e. The smallest absolute Gasteiger partial charge is 0.262 e. The van der Waals surface area contributed by atoms with Crippen LogP contribution in [0.3, 0.4) is 0 Å². The molecule has 4 nitrogen and oxygen atoms in total. The number of nitriles is 1. The molecule has 0 radical (unpaired) electrons. The van der Waals surface area contributed by atoms with E-state index in [1.54, 1.807) is 18.2 Å². The lowest BCUT2D eigenvalue weighted by molar-refractivity contribution is -0.117. The number of hydrogen-bond acceptors (Lipinski definition) is 3. The minimum Gasteiger partial charge on any atom is -0.488 e. The molecule has 0 saturated heterocycles. The molecule has 0 heterocycles. The second kappa shape index (κ2) is 10.5. The van der Waals surface area contributed by atoms with Gasteiger partial charge in [-0.3, -0.25) is 4.79 Å². The van der Waals surface area contributed by atoms with E-state index in [9.17, 15) is 14.4 Å². The number of amides is 1. The molecule has 4 aromatic rings. The highest BCUT2D eigenvalue weighted by Crippen LogP contribution is 2.31. The quantitative estimate of drug-likeness (QED) is 0.264. The Bertz CT molecular complexity index is 1370. The number of nitrogens with one attached hydrogen (secondary N) is 1. The van der Waals surface area contributed by atoms with Crippen molar-refractivity contribution >= 4 is 22.8 Å². The van der Waals surface area contributed by atoms with Gasteiger partial charge in [0, 0.05) is 5.56 Å². The Balaban J connectivity index is 1.66. The zero-order chi connectivity index (χ0) is 23.9. The summed E-state index contributed by atoms with van der Waals surface area (Å²) in [6.45, 7) is 2.09. The van der Waals surface area contributed by atoms with Gasteiger partial charge in [0.1, 0.15) is 29.8 Å². The van der Waals surface area contributed by atoms with Gasteiger partial charge in [-0.25, -0.2) is 4.39 Å². The second-order valence-electron chi connectivity index (χ2n) is 7.89. The van der Waals surface area contributed by atoms with Crippen molar-refractivity contribution in [3.63, 3.8) is 0 Å². The van der Waals surface area contributed by atoms with Crippen LogP contribution in [-0.4, -0.2) is 5.91 Å². The van der Waals surface area contributed by atoms with Crippen molar-refractivity contribution in [3.8, 4) is 11.8 Å². The number of rotatable bonds is 7. The van der Waals surface area contributed by atoms with E-state index in [1.807, 2.05) is 79.7 Å². The van der Waals surface area contributed by atoms with E-state index < -0.39 is 5.91 Å². The fraction of sp³-hybridized carbons (Fsp3) is 0.103. The second-order valence-corrected chi connectivity index (χ2v) is 7.89. The topological polar surface area (TPSA) is 62.1 Å². The molecule has 0 bridgehead atoms. The molecule has 0 unspecified atom stereocenters. The first-order valence-electron chi connectivity index (χ1n) is 10.9. The molecule has 0 aliphatic carbocycles. The summed E-state index contributed by atoms with van der Waals surface area (Å²) in [6, 6.07) is 28.9. The van der Waals surface area contributed by atoms with E-state index in [0.717, 1.165) is 21.9 Å². The van der Waals surface area contributed by atoms with Crippen LogP contribution in [0.4, 0.5) is 4.39 Å². The monoisotopic (exact) mass is 450 g/mol. The number of benzene rings is 4. The Hall–Kier alpha value is -4.43. The average molecular weight is 451 g/mol. The fourth-order valence-corrected chi connectivity index (χ4v) is 3.68. The summed E-state index contributed by atoms with van der Waals surface area (Å²) in [4.78, 5) is 12.9. The number of fused-ring (bicyclic) bond motifs is 1. The molecule has 0 fully saturated rings. The summed E-state index contributed by atoms with van der Waals surface area (Å²) >= 11 is 0. The van der Waals surface area contributed by atoms with Crippen molar-refractivity contribution in [2.45, 2.75) is 19.6 Å². The summed E-state index contributed by atoms with van der Waals surface area (Å²) in [7, 11) is 0. The van der Waals surface area contributed by atoms with E-state index >= 15 is 0 Å². The summed E-state index contributed by atoms with van der Waals surface area (Å²) in [6.07, 6.45) is 1.56. The molecule has 1 N–H and O–H groups in total. The van der Waals surface area contributed by atoms with Crippen LogP contribution < -0.4 is 10.1 Å². The maximum atomic E-state index is 13.2. The number of halogens is 1. The van der Waals surface area contributed by atoms with Crippen molar-refractivity contribution < 1.29 is 13.9 Å². The number of hydrogen-bond donors (Lipinski definition) is 1. The number of carbonyl (C=O) groups is 1. The standard InChI is InChI=1S/C29H23FN2O2/c1-20(22-7-3-2-4-8-22)32-29(33)24(18-31)17-27-26-10-6-5-9-23(26)13-16-28(27)34-19-21-11-14-25(30)15-12-21/h2-17,20H,19H2,1H3,(H,32,33)/b24-17-/t20-/m1/s1. The van der Waals surface area contributed by atoms with Gasteiger partial charge in [0.15, 0.2) is 0 Å². The van der Waals surface area contributed by atoms with E-state index in [2.05, 4.69) is 5.32 Å². The van der Waals surface area contributed by atoms with Crippen LogP contribution in [0.25, 0.3) is 16.8 Å². The van der Waals surface area contributed by atoms with Crippen LogP contribution >= 0.6 is 0 Å². The zero-order valence-electron chi connectivity index (χ0n) is 18.7. The third-order valence-electron chi connectivity index (χ3n) is 5.54. The molecule has 34 heavy (non-hydrogen) atoms. The lowest BCUT2D eigenvalue weighted by Crippen LogP contribution is -2.27. The van der Waals surface area contributed by atoms with Crippen LogP contribution in [0.1, 0.15) is 29.7 Å². The Morgan fingerprint density at radius 1 is 1.00 bits per heavy atom. The van der Waals surface area contributed by atoms with Gasteiger partial charge in [0.2, 0.25) is 0 Å². The Kier molecular flexibility index (Phi) is 7.00. The predicted molar refractivity (Wildman–Crippen MR) is 131 cm³/mol. The summed E-state index contributed by atoms with van der Waals surface area (Å²) < 4.78 is 19.3. The van der Waals surface area contributed by atoms with Gasteiger partial charge in [-0.2, -0.15) is 5.26 Å². The molecule has 1 amide bonds. The SMILES string of the molecule is C[C@@H](NC(=O)/C(C#N)=C\c1c(OCc2ccc(F)cc2)ccc2ccccc12)c1ccccc1. The lowest BCUT2D eigenvalue weighted by atomic mass is 10.0. The van der Waals surface area contributed by atoms with Crippen LogP contribution in [0.15, 0.2) is 96.6 Å². The molecule has 168 valence electrons. The van der Waals surface area contributed by atoms with Crippen LogP contribution in [0.2, 0.25) is 0 Å².